The van der Waals surface area contributed by atoms with Gasteiger partial charge in [0, 0.05) is 16.8 Å². The second-order valence-electron chi connectivity index (χ2n) is 9.07. The highest BCUT2D eigenvalue weighted by Crippen LogP contribution is 2.33. The number of carbonyl (C=O) groups is 1. The number of hydrogen-bond donors (Lipinski definition) is 1. The highest BCUT2D eigenvalue weighted by Gasteiger charge is 2.22. The molecule has 0 radical (unpaired) electrons. The van der Waals surface area contributed by atoms with Gasteiger partial charge in [-0.25, -0.2) is 4.79 Å². The molecular weight excluding hydrogens is 582 g/mol. The van der Waals surface area contributed by atoms with E-state index < -0.39 is 14.4 Å². The lowest BCUT2D eigenvalue weighted by Gasteiger charge is -2.25. The summed E-state index contributed by atoms with van der Waals surface area (Å²) >= 11 is 7.22. The minimum Gasteiger partial charge on any atom is -0.490 e. The minimum absolute atomic E-state index is 0.0229. The molecule has 34 heavy (non-hydrogen) atoms. The summed E-state index contributed by atoms with van der Waals surface area (Å²) in [5, 5.41) is 9.07. The van der Waals surface area contributed by atoms with E-state index in [1.165, 1.54) is 0 Å². The Bertz CT molecular complexity index is 1090. The Kier molecular flexibility index (Phi) is 9.58. The number of benzene rings is 2. The number of aromatic nitrogens is 2. The molecule has 0 aliphatic heterocycles. The molecule has 0 fully saturated rings. The van der Waals surface area contributed by atoms with E-state index in [0.717, 1.165) is 26.7 Å². The summed E-state index contributed by atoms with van der Waals surface area (Å²) in [6.07, 6.45) is 1.32. The van der Waals surface area contributed by atoms with Crippen LogP contribution in [0.2, 0.25) is 19.6 Å². The van der Waals surface area contributed by atoms with Crippen LogP contribution in [0.3, 0.4) is 0 Å². The van der Waals surface area contributed by atoms with E-state index in [9.17, 15) is 4.79 Å². The summed E-state index contributed by atoms with van der Waals surface area (Å²) in [5.41, 5.74) is 1.85. The van der Waals surface area contributed by atoms with Gasteiger partial charge in [0.2, 0.25) is 0 Å². The van der Waals surface area contributed by atoms with Crippen LogP contribution < -0.4 is 10.1 Å². The fourth-order valence-electron chi connectivity index (χ4n) is 3.43. The lowest BCUT2D eigenvalue weighted by atomic mass is 10.2. The molecule has 1 aromatic heterocycles. The van der Waals surface area contributed by atoms with Crippen molar-refractivity contribution in [2.75, 3.05) is 11.9 Å². The van der Waals surface area contributed by atoms with E-state index in [1.807, 2.05) is 54.1 Å². The van der Waals surface area contributed by atoms with Crippen molar-refractivity contribution in [1.82, 2.24) is 15.1 Å². The number of halogens is 2. The molecule has 0 bridgehead atoms. The topological polar surface area (TPSA) is 74.6 Å². The predicted octanol–water partition coefficient (Wildman–Crippen LogP) is 6.11. The highest BCUT2D eigenvalue weighted by atomic mass is 79.9. The molecule has 0 aliphatic carbocycles. The largest absolute Gasteiger partial charge is 0.490 e. The highest BCUT2D eigenvalue weighted by molar-refractivity contribution is 9.10. The average molecular weight is 613 g/mol. The molecule has 1 amide bonds. The first-order valence-corrected chi connectivity index (χ1v) is 16.5. The quantitative estimate of drug-likeness (QED) is 0.209. The molecule has 10 heteroatoms. The number of rotatable bonds is 11. The third kappa shape index (κ3) is 7.83. The van der Waals surface area contributed by atoms with Gasteiger partial charge in [0.15, 0.2) is 8.32 Å². The normalized spacial score (nSPS) is 13.5. The molecule has 7 nitrogen and oxygen atoms in total. The Morgan fingerprint density at radius 3 is 2.59 bits per heavy atom. The van der Waals surface area contributed by atoms with Gasteiger partial charge in [0.25, 0.3) is 0 Å². The zero-order chi connectivity index (χ0) is 24.7. The van der Waals surface area contributed by atoms with Gasteiger partial charge in [-0.3, -0.25) is 4.68 Å². The molecule has 0 aliphatic rings. The number of nitrogens with zero attached hydrogens (tertiary/aromatic N) is 2. The van der Waals surface area contributed by atoms with E-state index in [2.05, 4.69) is 61.9 Å². The summed E-state index contributed by atoms with van der Waals surface area (Å²) in [6.45, 7) is 9.56. The van der Waals surface area contributed by atoms with Crippen LogP contribution in [0.5, 0.6) is 5.75 Å². The molecule has 184 valence electrons. The number of hydrogen-bond acceptors (Lipinski definition) is 5. The zero-order valence-corrected chi connectivity index (χ0v) is 24.1. The van der Waals surface area contributed by atoms with Crippen molar-refractivity contribution in [3.63, 3.8) is 0 Å². The number of alkyl halides is 1. The van der Waals surface area contributed by atoms with Gasteiger partial charge in [-0.05, 0) is 60.2 Å². The molecule has 0 saturated carbocycles. The Morgan fingerprint density at radius 2 is 1.91 bits per heavy atom. The van der Waals surface area contributed by atoms with Crippen LogP contribution in [0.25, 0.3) is 10.9 Å². The number of fused-ring (bicyclic) bond motifs is 1. The first-order valence-electron chi connectivity index (χ1n) is 11.1. The maximum Gasteiger partial charge on any atom is 0.407 e. The molecule has 2 atom stereocenters. The summed E-state index contributed by atoms with van der Waals surface area (Å²) in [4.78, 5) is 12.2. The van der Waals surface area contributed by atoms with Crippen molar-refractivity contribution >= 4 is 57.2 Å². The van der Waals surface area contributed by atoms with Crippen LogP contribution in [-0.2, 0) is 22.3 Å². The molecule has 3 aromatic rings. The Morgan fingerprint density at radius 1 is 1.18 bits per heavy atom. The van der Waals surface area contributed by atoms with Crippen molar-refractivity contribution in [2.45, 2.75) is 51.9 Å². The third-order valence-electron chi connectivity index (χ3n) is 4.85. The van der Waals surface area contributed by atoms with E-state index in [0.29, 0.717) is 18.5 Å². The number of alkyl carbamates (subject to hydrolysis) is 1. The maximum atomic E-state index is 12.2. The van der Waals surface area contributed by atoms with Crippen molar-refractivity contribution in [2.24, 2.45) is 0 Å². The average Bonchev–Trinajstić information content (AvgIpc) is 3.19. The van der Waals surface area contributed by atoms with Gasteiger partial charge in [0.1, 0.15) is 19.0 Å². The van der Waals surface area contributed by atoms with Gasteiger partial charge in [-0.15, -0.1) is 0 Å². The second kappa shape index (κ2) is 12.2. The van der Waals surface area contributed by atoms with E-state index in [1.54, 1.807) is 6.20 Å². The molecular formula is C24H31Br2N3O4Si. The molecule has 0 saturated heterocycles. The molecule has 0 unspecified atom stereocenters. The van der Waals surface area contributed by atoms with E-state index in [4.69, 9.17) is 13.9 Å². The molecule has 0 spiro atoms. The second-order valence-corrected chi connectivity index (χ2v) is 15.0. The van der Waals surface area contributed by atoms with Crippen LogP contribution in [0, 0.1) is 0 Å². The Labute approximate surface area is 218 Å². The Hall–Kier alpha value is -1.88. The van der Waals surface area contributed by atoms with Crippen LogP contribution in [0.15, 0.2) is 53.1 Å². The van der Waals surface area contributed by atoms with Crippen LogP contribution in [-0.4, -0.2) is 48.3 Å². The van der Waals surface area contributed by atoms with Gasteiger partial charge in [-0.2, -0.15) is 5.10 Å². The van der Waals surface area contributed by atoms with Gasteiger partial charge >= 0.3 is 6.09 Å². The van der Waals surface area contributed by atoms with Gasteiger partial charge in [0.05, 0.1) is 28.8 Å². The fourth-order valence-corrected chi connectivity index (χ4v) is 5.83. The summed E-state index contributed by atoms with van der Waals surface area (Å²) < 4.78 is 20.3. The van der Waals surface area contributed by atoms with Crippen molar-refractivity contribution < 1.29 is 18.7 Å². The third-order valence-corrected chi connectivity index (χ3v) is 7.38. The SMILES string of the molecule is C[C@@H](Cn1ncc2ccc(OC[C@H](CBr)O[Si](C)(C)C)c(Br)c21)NC(=O)OCc1ccccc1. The lowest BCUT2D eigenvalue weighted by Crippen LogP contribution is -2.36. The predicted molar refractivity (Wildman–Crippen MR) is 144 cm³/mol. The Balaban J connectivity index is 1.62. The number of nitrogens with one attached hydrogen (secondary N) is 1. The molecule has 2 aromatic carbocycles. The van der Waals surface area contributed by atoms with Gasteiger partial charge in [-0.1, -0.05) is 46.3 Å². The monoisotopic (exact) mass is 611 g/mol. The molecule has 1 N–H and O–H groups in total. The van der Waals surface area contributed by atoms with Crippen molar-refractivity contribution in [3.05, 3.63) is 58.7 Å². The van der Waals surface area contributed by atoms with Crippen LogP contribution >= 0.6 is 31.9 Å². The van der Waals surface area contributed by atoms with Gasteiger partial charge < -0.3 is 19.2 Å². The van der Waals surface area contributed by atoms with Crippen LogP contribution in [0.4, 0.5) is 4.79 Å². The molecule has 3 rings (SSSR count). The standard InChI is InChI=1S/C24H31Br2N3O4Si/c1-17(28-24(30)32-15-18-8-6-5-7-9-18)14-29-23-19(13-27-29)10-11-21(22(23)26)31-16-20(12-25)33-34(2,3)4/h5-11,13,17,20H,12,14-16H2,1-4H3,(H,28,30)/t17-,20-/m0/s1. The summed E-state index contributed by atoms with van der Waals surface area (Å²) in [7, 11) is -1.67. The number of ether oxygens (including phenoxy) is 2. The summed E-state index contributed by atoms with van der Waals surface area (Å²) in [5.74, 6) is 0.724. The zero-order valence-electron chi connectivity index (χ0n) is 19.9. The maximum absolute atomic E-state index is 12.2. The fraction of sp³-hybridized carbons (Fsp3) is 0.417. The van der Waals surface area contributed by atoms with Crippen molar-refractivity contribution in [1.29, 1.82) is 0 Å². The van der Waals surface area contributed by atoms with Crippen molar-refractivity contribution in [3.8, 4) is 5.75 Å². The number of carbonyl (C=O) groups excluding carboxylic acids is 1. The first kappa shape index (κ1) is 26.7. The minimum atomic E-state index is -1.67. The van der Waals surface area contributed by atoms with E-state index in [-0.39, 0.29) is 18.8 Å². The number of amides is 1. The lowest BCUT2D eigenvalue weighted by molar-refractivity contribution is 0.135. The van der Waals surface area contributed by atoms with Crippen LogP contribution in [0.1, 0.15) is 12.5 Å². The van der Waals surface area contributed by atoms with E-state index >= 15 is 0 Å². The first-order chi connectivity index (χ1) is 16.2. The smallest absolute Gasteiger partial charge is 0.407 e. The molecule has 1 heterocycles. The summed E-state index contributed by atoms with van der Waals surface area (Å²) in [6, 6.07) is 13.3.